The van der Waals surface area contributed by atoms with E-state index in [4.69, 9.17) is 21.1 Å². The monoisotopic (exact) mass is 511 g/mol. The lowest BCUT2D eigenvalue weighted by molar-refractivity contribution is -0.688. The van der Waals surface area contributed by atoms with Crippen molar-refractivity contribution >= 4 is 17.5 Å². The number of carbonyl (C=O) groups excluding carboxylic acids is 1. The van der Waals surface area contributed by atoms with Crippen LogP contribution < -0.4 is 14.0 Å². The highest BCUT2D eigenvalue weighted by Crippen LogP contribution is 2.52. The number of aromatic nitrogens is 1. The lowest BCUT2D eigenvalue weighted by Gasteiger charge is -2.42. The molecule has 1 unspecified atom stereocenters. The predicted molar refractivity (Wildman–Crippen MR) is 143 cm³/mol. The van der Waals surface area contributed by atoms with E-state index in [0.717, 1.165) is 46.1 Å². The van der Waals surface area contributed by atoms with Gasteiger partial charge in [0.2, 0.25) is 0 Å². The normalized spacial score (nSPS) is 15.5. The molecule has 186 valence electrons. The van der Waals surface area contributed by atoms with Crippen LogP contribution in [0.5, 0.6) is 11.5 Å². The SMILES string of the molecule is COc1cc2c3c(c1OC)-c1ccccc1CC3N(C(=O)c1cc[n+](Cc3cccc(Cl)c3)cc1)CC2. The topological polar surface area (TPSA) is 42.7 Å². The summed E-state index contributed by atoms with van der Waals surface area (Å²) >= 11 is 6.14. The average Bonchev–Trinajstić information content (AvgIpc) is 2.93. The standard InChI is InChI=1S/C31H28ClN2O3/c1-36-27-18-23-12-15-34(26-17-22-7-3-4-9-25(22)29(28(23)26)30(27)37-2)31(35)21-10-13-33(14-11-21)19-20-6-5-8-24(32)16-20/h3-11,13-14,16,18,26H,12,15,17,19H2,1-2H3/q+1. The van der Waals surface area contributed by atoms with Crippen LogP contribution in [-0.2, 0) is 19.4 Å². The molecule has 2 aliphatic rings. The molecule has 0 saturated heterocycles. The number of ether oxygens (including phenoxy) is 2. The highest BCUT2D eigenvalue weighted by molar-refractivity contribution is 6.30. The minimum Gasteiger partial charge on any atom is -0.493 e. The summed E-state index contributed by atoms with van der Waals surface area (Å²) in [6.07, 6.45) is 5.47. The number of amides is 1. The van der Waals surface area contributed by atoms with E-state index in [1.165, 1.54) is 16.7 Å². The Morgan fingerprint density at radius 3 is 2.57 bits per heavy atom. The zero-order valence-electron chi connectivity index (χ0n) is 20.9. The molecular formula is C31H28ClN2O3+. The molecule has 3 aromatic carbocycles. The molecule has 1 amide bonds. The van der Waals surface area contributed by atoms with Gasteiger partial charge in [-0.25, -0.2) is 4.57 Å². The third-order valence-electron chi connectivity index (χ3n) is 7.48. The lowest BCUT2D eigenvalue weighted by atomic mass is 9.76. The number of carbonyl (C=O) groups is 1. The Hall–Kier alpha value is -3.83. The Balaban J connectivity index is 1.35. The maximum atomic E-state index is 13.9. The summed E-state index contributed by atoms with van der Waals surface area (Å²) in [6.45, 7) is 1.35. The van der Waals surface area contributed by atoms with Crippen molar-refractivity contribution in [2.75, 3.05) is 20.8 Å². The fraction of sp³-hybridized carbons (Fsp3) is 0.226. The molecule has 0 N–H and O–H groups in total. The van der Waals surface area contributed by atoms with Gasteiger partial charge >= 0.3 is 0 Å². The predicted octanol–water partition coefficient (Wildman–Crippen LogP) is 5.66. The molecule has 0 fully saturated rings. The Morgan fingerprint density at radius 2 is 1.81 bits per heavy atom. The Kier molecular flexibility index (Phi) is 6.09. The van der Waals surface area contributed by atoms with Crippen LogP contribution in [0.2, 0.25) is 5.02 Å². The van der Waals surface area contributed by atoms with Gasteiger partial charge in [0, 0.05) is 34.8 Å². The number of hydrogen-bond acceptors (Lipinski definition) is 3. The van der Waals surface area contributed by atoms with Gasteiger partial charge in [0.25, 0.3) is 5.91 Å². The van der Waals surface area contributed by atoms with Gasteiger partial charge in [-0.3, -0.25) is 4.79 Å². The summed E-state index contributed by atoms with van der Waals surface area (Å²) in [6, 6.07) is 22.1. The second-order valence-corrected chi connectivity index (χ2v) is 10.0. The van der Waals surface area contributed by atoms with E-state index in [1.807, 2.05) is 53.7 Å². The smallest absolute Gasteiger partial charge is 0.254 e. The van der Waals surface area contributed by atoms with Crippen molar-refractivity contribution in [3.63, 3.8) is 0 Å². The summed E-state index contributed by atoms with van der Waals surface area (Å²) in [5.74, 6) is 1.51. The highest BCUT2D eigenvalue weighted by Gasteiger charge is 2.39. The third-order valence-corrected chi connectivity index (χ3v) is 7.72. The summed E-state index contributed by atoms with van der Waals surface area (Å²) in [5.41, 5.74) is 7.63. The van der Waals surface area contributed by atoms with Crippen LogP contribution in [-0.4, -0.2) is 31.6 Å². The second kappa shape index (κ2) is 9.56. The molecule has 1 aromatic heterocycles. The first kappa shape index (κ1) is 23.6. The first-order valence-corrected chi connectivity index (χ1v) is 12.9. The fourth-order valence-electron chi connectivity index (χ4n) is 5.79. The van der Waals surface area contributed by atoms with E-state index in [-0.39, 0.29) is 11.9 Å². The third kappa shape index (κ3) is 4.13. The molecule has 0 saturated carbocycles. The van der Waals surface area contributed by atoms with Crippen molar-refractivity contribution in [2.45, 2.75) is 25.4 Å². The van der Waals surface area contributed by atoms with E-state index in [1.54, 1.807) is 14.2 Å². The minimum absolute atomic E-state index is 0.0469. The summed E-state index contributed by atoms with van der Waals surface area (Å²) < 4.78 is 13.6. The van der Waals surface area contributed by atoms with Crippen LogP contribution >= 0.6 is 11.6 Å². The molecule has 2 heterocycles. The maximum absolute atomic E-state index is 13.9. The molecule has 4 aromatic rings. The number of halogens is 1. The zero-order valence-corrected chi connectivity index (χ0v) is 21.7. The van der Waals surface area contributed by atoms with Crippen molar-refractivity contribution in [1.29, 1.82) is 0 Å². The van der Waals surface area contributed by atoms with Gasteiger partial charge in [0.05, 0.1) is 25.8 Å². The van der Waals surface area contributed by atoms with E-state index in [2.05, 4.69) is 34.9 Å². The van der Waals surface area contributed by atoms with Gasteiger partial charge < -0.3 is 14.4 Å². The van der Waals surface area contributed by atoms with Crippen LogP contribution in [0.3, 0.4) is 0 Å². The average molecular weight is 512 g/mol. The lowest BCUT2D eigenvalue weighted by Crippen LogP contribution is -2.43. The van der Waals surface area contributed by atoms with Crippen LogP contribution in [0.4, 0.5) is 0 Å². The Labute approximate surface area is 221 Å². The number of nitrogens with zero attached hydrogens (tertiary/aromatic N) is 2. The largest absolute Gasteiger partial charge is 0.493 e. The molecule has 1 aliphatic heterocycles. The van der Waals surface area contributed by atoms with Gasteiger partial charge in [-0.15, -0.1) is 0 Å². The number of fused-ring (bicyclic) bond motifs is 2. The molecular weight excluding hydrogens is 484 g/mol. The van der Waals surface area contributed by atoms with Crippen LogP contribution in [0.15, 0.2) is 79.1 Å². The van der Waals surface area contributed by atoms with Crippen LogP contribution in [0.25, 0.3) is 11.1 Å². The number of pyridine rings is 1. The van der Waals surface area contributed by atoms with Gasteiger partial charge in [-0.05, 0) is 53.3 Å². The van der Waals surface area contributed by atoms with Crippen molar-refractivity contribution in [3.05, 3.63) is 112 Å². The van der Waals surface area contributed by atoms with Crippen molar-refractivity contribution in [3.8, 4) is 22.6 Å². The van der Waals surface area contributed by atoms with Gasteiger partial charge in [-0.1, -0.05) is 48.0 Å². The molecule has 0 radical (unpaired) electrons. The summed E-state index contributed by atoms with van der Waals surface area (Å²) in [5, 5.41) is 0.720. The summed E-state index contributed by atoms with van der Waals surface area (Å²) in [4.78, 5) is 15.9. The van der Waals surface area contributed by atoms with Crippen LogP contribution in [0, 0.1) is 0 Å². The van der Waals surface area contributed by atoms with Crippen LogP contribution in [0.1, 0.15) is 38.7 Å². The second-order valence-electron chi connectivity index (χ2n) is 9.57. The quantitative estimate of drug-likeness (QED) is 0.325. The van der Waals surface area contributed by atoms with Gasteiger partial charge in [0.15, 0.2) is 30.4 Å². The molecule has 0 bridgehead atoms. The molecule has 6 heteroatoms. The van der Waals surface area contributed by atoms with Gasteiger partial charge in [0.1, 0.15) is 0 Å². The van der Waals surface area contributed by atoms with E-state index in [0.29, 0.717) is 18.7 Å². The fourth-order valence-corrected chi connectivity index (χ4v) is 6.01. The van der Waals surface area contributed by atoms with Crippen molar-refractivity contribution in [2.24, 2.45) is 0 Å². The highest BCUT2D eigenvalue weighted by atomic mass is 35.5. The van der Waals surface area contributed by atoms with Crippen molar-refractivity contribution in [1.82, 2.24) is 4.90 Å². The minimum atomic E-state index is -0.0558. The Morgan fingerprint density at radius 1 is 1.00 bits per heavy atom. The first-order valence-electron chi connectivity index (χ1n) is 12.5. The molecule has 1 aliphatic carbocycles. The van der Waals surface area contributed by atoms with E-state index < -0.39 is 0 Å². The first-order chi connectivity index (χ1) is 18.1. The number of hydrogen-bond donors (Lipinski definition) is 0. The molecule has 6 rings (SSSR count). The number of rotatable bonds is 5. The molecule has 5 nitrogen and oxygen atoms in total. The Bertz CT molecular complexity index is 1500. The van der Waals surface area contributed by atoms with Crippen molar-refractivity contribution < 1.29 is 18.8 Å². The van der Waals surface area contributed by atoms with Gasteiger partial charge in [-0.2, -0.15) is 0 Å². The number of benzene rings is 3. The summed E-state index contributed by atoms with van der Waals surface area (Å²) in [7, 11) is 3.36. The molecule has 0 spiro atoms. The van der Waals surface area contributed by atoms with E-state index in [9.17, 15) is 4.79 Å². The zero-order chi connectivity index (χ0) is 25.5. The van der Waals surface area contributed by atoms with E-state index >= 15 is 0 Å². The number of methoxy groups -OCH3 is 2. The molecule has 1 atom stereocenters. The molecule has 37 heavy (non-hydrogen) atoms. The maximum Gasteiger partial charge on any atom is 0.254 e.